The molecule has 18 heavy (non-hydrogen) atoms. The van der Waals surface area contributed by atoms with Gasteiger partial charge in [-0.1, -0.05) is 44.2 Å². The number of nitrogens with zero attached hydrogens (tertiary/aromatic N) is 1. The maximum atomic E-state index is 6.31. The van der Waals surface area contributed by atoms with E-state index in [4.69, 9.17) is 5.73 Å². The van der Waals surface area contributed by atoms with Crippen LogP contribution >= 0.6 is 0 Å². The average Bonchev–Trinajstić information content (AvgIpc) is 3.12. The molecule has 100 valence electrons. The van der Waals surface area contributed by atoms with Crippen LogP contribution in [0.3, 0.4) is 0 Å². The minimum Gasteiger partial charge on any atom is -0.326 e. The Hall–Kier alpha value is -0.860. The third-order valence-corrected chi connectivity index (χ3v) is 3.47. The van der Waals surface area contributed by atoms with Crippen molar-refractivity contribution in [1.82, 2.24) is 4.90 Å². The van der Waals surface area contributed by atoms with Crippen LogP contribution in [-0.4, -0.2) is 30.1 Å². The summed E-state index contributed by atoms with van der Waals surface area (Å²) in [5.74, 6) is 0.731. The standard InChI is InChI=1S/C16H26N2/c1-13(2)11-18(16-8-9-16)12-15(17)10-14-6-4-3-5-7-14/h3-7,13,15-16H,8-12,17H2,1-2H3. The van der Waals surface area contributed by atoms with Gasteiger partial charge in [-0.15, -0.1) is 0 Å². The van der Waals surface area contributed by atoms with Crippen LogP contribution in [0.4, 0.5) is 0 Å². The summed E-state index contributed by atoms with van der Waals surface area (Å²) in [6.45, 7) is 6.81. The minimum absolute atomic E-state index is 0.256. The van der Waals surface area contributed by atoms with E-state index in [0.29, 0.717) is 0 Å². The molecular formula is C16H26N2. The van der Waals surface area contributed by atoms with Crippen LogP contribution in [0.25, 0.3) is 0 Å². The Morgan fingerprint density at radius 2 is 1.83 bits per heavy atom. The van der Waals surface area contributed by atoms with Gasteiger partial charge in [0.1, 0.15) is 0 Å². The van der Waals surface area contributed by atoms with Crippen LogP contribution in [0.15, 0.2) is 30.3 Å². The van der Waals surface area contributed by atoms with Crippen molar-refractivity contribution >= 4 is 0 Å². The van der Waals surface area contributed by atoms with Gasteiger partial charge in [-0.3, -0.25) is 4.90 Å². The number of benzene rings is 1. The fourth-order valence-electron chi connectivity index (χ4n) is 2.56. The molecule has 2 heteroatoms. The SMILES string of the molecule is CC(C)CN(CC(N)Cc1ccccc1)C1CC1. The first-order valence-corrected chi connectivity index (χ1v) is 7.18. The van der Waals surface area contributed by atoms with Gasteiger partial charge in [0.05, 0.1) is 0 Å². The number of rotatable bonds is 7. The summed E-state index contributed by atoms with van der Waals surface area (Å²) in [4.78, 5) is 2.60. The molecule has 0 heterocycles. The Balaban J connectivity index is 1.83. The zero-order chi connectivity index (χ0) is 13.0. The van der Waals surface area contributed by atoms with E-state index in [9.17, 15) is 0 Å². The van der Waals surface area contributed by atoms with Crippen molar-refractivity contribution in [2.75, 3.05) is 13.1 Å². The van der Waals surface area contributed by atoms with Crippen molar-refractivity contribution in [2.24, 2.45) is 11.7 Å². The summed E-state index contributed by atoms with van der Waals surface area (Å²) >= 11 is 0. The fraction of sp³-hybridized carbons (Fsp3) is 0.625. The summed E-state index contributed by atoms with van der Waals surface area (Å²) in [5.41, 5.74) is 7.66. The van der Waals surface area contributed by atoms with Crippen LogP contribution in [0.1, 0.15) is 32.3 Å². The van der Waals surface area contributed by atoms with Gasteiger partial charge in [-0.05, 0) is 30.7 Å². The lowest BCUT2D eigenvalue weighted by atomic mass is 10.1. The first-order chi connectivity index (χ1) is 8.65. The highest BCUT2D eigenvalue weighted by Crippen LogP contribution is 2.27. The van der Waals surface area contributed by atoms with Crippen molar-refractivity contribution in [2.45, 2.75) is 45.2 Å². The molecule has 0 amide bonds. The molecule has 0 radical (unpaired) electrons. The van der Waals surface area contributed by atoms with E-state index < -0.39 is 0 Å². The second kappa shape index (κ2) is 6.35. The molecule has 0 bridgehead atoms. The third kappa shape index (κ3) is 4.43. The Kier molecular flexibility index (Phi) is 4.79. The predicted octanol–water partition coefficient (Wildman–Crippen LogP) is 2.68. The van der Waals surface area contributed by atoms with Crippen LogP contribution in [0.5, 0.6) is 0 Å². The quantitative estimate of drug-likeness (QED) is 0.801. The van der Waals surface area contributed by atoms with E-state index in [2.05, 4.69) is 49.1 Å². The highest BCUT2D eigenvalue weighted by molar-refractivity contribution is 5.15. The molecule has 2 rings (SSSR count). The zero-order valence-electron chi connectivity index (χ0n) is 11.7. The van der Waals surface area contributed by atoms with Crippen molar-refractivity contribution in [1.29, 1.82) is 0 Å². The largest absolute Gasteiger partial charge is 0.326 e. The molecule has 1 aromatic rings. The Morgan fingerprint density at radius 3 is 2.39 bits per heavy atom. The lowest BCUT2D eigenvalue weighted by Crippen LogP contribution is -2.41. The van der Waals surface area contributed by atoms with Crippen LogP contribution in [0.2, 0.25) is 0 Å². The second-order valence-electron chi connectivity index (χ2n) is 6.03. The maximum absolute atomic E-state index is 6.31. The van der Waals surface area contributed by atoms with Gasteiger partial charge in [0, 0.05) is 25.2 Å². The molecule has 2 nitrogen and oxygen atoms in total. The lowest BCUT2D eigenvalue weighted by Gasteiger charge is -2.27. The van der Waals surface area contributed by atoms with E-state index in [1.807, 2.05) is 0 Å². The molecule has 1 aliphatic carbocycles. The van der Waals surface area contributed by atoms with Crippen molar-refractivity contribution < 1.29 is 0 Å². The smallest absolute Gasteiger partial charge is 0.0208 e. The summed E-state index contributed by atoms with van der Waals surface area (Å²) in [6.07, 6.45) is 3.72. The third-order valence-electron chi connectivity index (χ3n) is 3.47. The van der Waals surface area contributed by atoms with Crippen LogP contribution in [0, 0.1) is 5.92 Å². The summed E-state index contributed by atoms with van der Waals surface area (Å²) < 4.78 is 0. The molecule has 1 saturated carbocycles. The van der Waals surface area contributed by atoms with Crippen LogP contribution in [-0.2, 0) is 6.42 Å². The summed E-state index contributed by atoms with van der Waals surface area (Å²) in [7, 11) is 0. The van der Waals surface area contributed by atoms with Gasteiger partial charge in [0.15, 0.2) is 0 Å². The Labute approximate surface area is 111 Å². The first-order valence-electron chi connectivity index (χ1n) is 7.18. The van der Waals surface area contributed by atoms with E-state index in [1.54, 1.807) is 0 Å². The first kappa shape index (κ1) is 13.6. The molecule has 1 aliphatic rings. The molecular weight excluding hydrogens is 220 g/mol. The van der Waals surface area contributed by atoms with Gasteiger partial charge in [-0.2, -0.15) is 0 Å². The minimum atomic E-state index is 0.256. The van der Waals surface area contributed by atoms with Crippen LogP contribution < -0.4 is 5.73 Å². The number of hydrogen-bond donors (Lipinski definition) is 1. The lowest BCUT2D eigenvalue weighted by molar-refractivity contribution is 0.220. The monoisotopic (exact) mass is 246 g/mol. The van der Waals surface area contributed by atoms with Crippen molar-refractivity contribution in [3.63, 3.8) is 0 Å². The molecule has 0 aromatic heterocycles. The van der Waals surface area contributed by atoms with Gasteiger partial charge in [0.2, 0.25) is 0 Å². The Bertz CT molecular complexity index is 343. The number of nitrogens with two attached hydrogens (primary N) is 1. The normalized spacial score (nSPS) is 17.4. The summed E-state index contributed by atoms with van der Waals surface area (Å²) in [5, 5.41) is 0. The molecule has 1 fully saturated rings. The number of hydrogen-bond acceptors (Lipinski definition) is 2. The van der Waals surface area contributed by atoms with Gasteiger partial charge >= 0.3 is 0 Å². The van der Waals surface area contributed by atoms with E-state index in [1.165, 1.54) is 24.9 Å². The summed E-state index contributed by atoms with van der Waals surface area (Å²) in [6, 6.07) is 11.7. The molecule has 0 spiro atoms. The van der Waals surface area contributed by atoms with E-state index in [-0.39, 0.29) is 6.04 Å². The maximum Gasteiger partial charge on any atom is 0.0208 e. The van der Waals surface area contributed by atoms with E-state index in [0.717, 1.165) is 24.9 Å². The van der Waals surface area contributed by atoms with Gasteiger partial charge in [0.25, 0.3) is 0 Å². The predicted molar refractivity (Wildman–Crippen MR) is 77.6 cm³/mol. The Morgan fingerprint density at radius 1 is 1.17 bits per heavy atom. The molecule has 0 saturated heterocycles. The molecule has 0 aliphatic heterocycles. The molecule has 2 N–H and O–H groups in total. The van der Waals surface area contributed by atoms with Crippen molar-refractivity contribution in [3.8, 4) is 0 Å². The molecule has 1 atom stereocenters. The highest BCUT2D eigenvalue weighted by Gasteiger charge is 2.30. The average molecular weight is 246 g/mol. The molecule has 1 unspecified atom stereocenters. The molecule has 1 aromatic carbocycles. The van der Waals surface area contributed by atoms with Gasteiger partial charge < -0.3 is 5.73 Å². The second-order valence-corrected chi connectivity index (χ2v) is 6.03. The highest BCUT2D eigenvalue weighted by atomic mass is 15.2. The van der Waals surface area contributed by atoms with E-state index >= 15 is 0 Å². The topological polar surface area (TPSA) is 29.3 Å². The zero-order valence-corrected chi connectivity index (χ0v) is 11.7. The van der Waals surface area contributed by atoms with Crippen molar-refractivity contribution in [3.05, 3.63) is 35.9 Å². The fourth-order valence-corrected chi connectivity index (χ4v) is 2.56. The van der Waals surface area contributed by atoms with Gasteiger partial charge in [-0.25, -0.2) is 0 Å².